The molecule has 0 spiro atoms. The Labute approximate surface area is 148 Å². The number of methoxy groups -OCH3 is 1. The first-order valence-electron chi connectivity index (χ1n) is 9.17. The summed E-state index contributed by atoms with van der Waals surface area (Å²) in [7, 11) is 1.33. The van der Waals surface area contributed by atoms with Gasteiger partial charge >= 0.3 is 5.97 Å². The standard InChI is InChI=1S/C20H25NO4/c1-24-18(22)12-25-17-4-2-16(3-5-17)21-19(23)20-9-13-6-14(10-20)8-15(7-13)11-20/h2-5,13-15H,6-12H2,1H3,(H,21,23). The van der Waals surface area contributed by atoms with Crippen molar-refractivity contribution in [2.75, 3.05) is 19.0 Å². The van der Waals surface area contributed by atoms with Gasteiger partial charge in [-0.25, -0.2) is 4.79 Å². The Morgan fingerprint density at radius 3 is 2.12 bits per heavy atom. The zero-order valence-electron chi connectivity index (χ0n) is 14.6. The van der Waals surface area contributed by atoms with E-state index in [0.717, 1.165) is 42.7 Å². The summed E-state index contributed by atoms with van der Waals surface area (Å²) in [4.78, 5) is 24.1. The molecule has 4 bridgehead atoms. The summed E-state index contributed by atoms with van der Waals surface area (Å²) in [6.07, 6.45) is 7.18. The molecule has 4 aliphatic rings. The highest BCUT2D eigenvalue weighted by Gasteiger charge is 2.54. The molecule has 5 nitrogen and oxygen atoms in total. The number of hydrogen-bond acceptors (Lipinski definition) is 4. The fourth-order valence-electron chi connectivity index (χ4n) is 5.49. The van der Waals surface area contributed by atoms with Gasteiger partial charge in [-0.2, -0.15) is 0 Å². The smallest absolute Gasteiger partial charge is 0.343 e. The molecule has 1 aromatic rings. The summed E-state index contributed by atoms with van der Waals surface area (Å²) < 4.78 is 9.88. The van der Waals surface area contributed by atoms with E-state index in [1.54, 1.807) is 12.1 Å². The second-order valence-corrected chi connectivity index (χ2v) is 8.04. The lowest BCUT2D eigenvalue weighted by Crippen LogP contribution is -2.51. The second-order valence-electron chi connectivity index (χ2n) is 8.04. The molecule has 1 amide bonds. The third-order valence-electron chi connectivity index (χ3n) is 6.22. The number of hydrogen-bond donors (Lipinski definition) is 1. The molecule has 25 heavy (non-hydrogen) atoms. The Bertz CT molecular complexity index is 631. The summed E-state index contributed by atoms with van der Waals surface area (Å²) in [5.41, 5.74) is 0.639. The predicted molar refractivity (Wildman–Crippen MR) is 93.2 cm³/mol. The molecule has 4 saturated carbocycles. The van der Waals surface area contributed by atoms with Gasteiger partial charge in [0.05, 0.1) is 12.5 Å². The molecule has 0 unspecified atom stereocenters. The van der Waals surface area contributed by atoms with Crippen molar-refractivity contribution in [1.82, 2.24) is 0 Å². The molecule has 4 fully saturated rings. The molecule has 4 aliphatic carbocycles. The zero-order valence-corrected chi connectivity index (χ0v) is 14.6. The van der Waals surface area contributed by atoms with Crippen LogP contribution >= 0.6 is 0 Å². The largest absolute Gasteiger partial charge is 0.482 e. The average molecular weight is 343 g/mol. The van der Waals surface area contributed by atoms with Gasteiger partial charge < -0.3 is 14.8 Å². The highest BCUT2D eigenvalue weighted by molar-refractivity contribution is 5.95. The Morgan fingerprint density at radius 1 is 1.04 bits per heavy atom. The number of ether oxygens (including phenoxy) is 2. The molecule has 0 atom stereocenters. The first-order chi connectivity index (χ1) is 12.1. The number of nitrogens with one attached hydrogen (secondary N) is 1. The fraction of sp³-hybridized carbons (Fsp3) is 0.600. The van der Waals surface area contributed by atoms with Crippen LogP contribution in [0.3, 0.4) is 0 Å². The molecule has 0 radical (unpaired) electrons. The fourth-order valence-corrected chi connectivity index (χ4v) is 5.49. The van der Waals surface area contributed by atoms with E-state index in [4.69, 9.17) is 4.74 Å². The van der Waals surface area contributed by atoms with E-state index in [-0.39, 0.29) is 17.9 Å². The summed E-state index contributed by atoms with van der Waals surface area (Å²) in [5.74, 6) is 2.62. The van der Waals surface area contributed by atoms with E-state index in [9.17, 15) is 9.59 Å². The van der Waals surface area contributed by atoms with Crippen molar-refractivity contribution < 1.29 is 19.1 Å². The molecule has 5 heteroatoms. The molecule has 0 saturated heterocycles. The SMILES string of the molecule is COC(=O)COc1ccc(NC(=O)C23CC4CC(CC(C4)C2)C3)cc1. The van der Waals surface area contributed by atoms with E-state index >= 15 is 0 Å². The average Bonchev–Trinajstić information content (AvgIpc) is 2.59. The van der Waals surface area contributed by atoms with Crippen molar-refractivity contribution in [2.24, 2.45) is 23.2 Å². The number of carbonyl (C=O) groups excluding carboxylic acids is 2. The Morgan fingerprint density at radius 2 is 1.60 bits per heavy atom. The quantitative estimate of drug-likeness (QED) is 0.832. The van der Waals surface area contributed by atoms with Crippen LogP contribution in [0.25, 0.3) is 0 Å². The Balaban J connectivity index is 1.39. The maximum Gasteiger partial charge on any atom is 0.343 e. The molecule has 1 N–H and O–H groups in total. The summed E-state index contributed by atoms with van der Waals surface area (Å²) >= 11 is 0. The van der Waals surface area contributed by atoms with Crippen LogP contribution in [0, 0.1) is 23.2 Å². The van der Waals surface area contributed by atoms with Gasteiger partial charge in [-0.1, -0.05) is 0 Å². The van der Waals surface area contributed by atoms with Crippen LogP contribution in [0.1, 0.15) is 38.5 Å². The molecule has 0 aliphatic heterocycles. The molecule has 5 rings (SSSR count). The normalized spacial score (nSPS) is 32.3. The van der Waals surface area contributed by atoms with Crippen LogP contribution in [0.4, 0.5) is 5.69 Å². The van der Waals surface area contributed by atoms with Crippen molar-refractivity contribution in [2.45, 2.75) is 38.5 Å². The summed E-state index contributed by atoms with van der Waals surface area (Å²) in [6.45, 7) is -0.116. The van der Waals surface area contributed by atoms with Gasteiger partial charge in [0.25, 0.3) is 0 Å². The van der Waals surface area contributed by atoms with E-state index in [2.05, 4.69) is 10.1 Å². The monoisotopic (exact) mass is 343 g/mol. The molecular formula is C20H25NO4. The van der Waals surface area contributed by atoms with Crippen molar-refractivity contribution >= 4 is 17.6 Å². The zero-order chi connectivity index (χ0) is 17.4. The van der Waals surface area contributed by atoms with E-state index in [0.29, 0.717) is 5.75 Å². The maximum atomic E-state index is 13.0. The van der Waals surface area contributed by atoms with Gasteiger partial charge in [0, 0.05) is 5.69 Å². The van der Waals surface area contributed by atoms with Gasteiger partial charge in [0.2, 0.25) is 5.91 Å². The lowest BCUT2D eigenvalue weighted by atomic mass is 9.49. The van der Waals surface area contributed by atoms with Crippen LogP contribution < -0.4 is 10.1 Å². The lowest BCUT2D eigenvalue weighted by Gasteiger charge is -2.55. The highest BCUT2D eigenvalue weighted by atomic mass is 16.6. The van der Waals surface area contributed by atoms with Gasteiger partial charge in [-0.05, 0) is 80.5 Å². The number of anilines is 1. The topological polar surface area (TPSA) is 64.6 Å². The molecule has 1 aromatic carbocycles. The number of carbonyl (C=O) groups is 2. The van der Waals surface area contributed by atoms with Crippen molar-refractivity contribution in [3.63, 3.8) is 0 Å². The highest BCUT2D eigenvalue weighted by Crippen LogP contribution is 2.60. The molecular weight excluding hydrogens is 318 g/mol. The Hall–Kier alpha value is -2.04. The predicted octanol–water partition coefficient (Wildman–Crippen LogP) is 3.39. The summed E-state index contributed by atoms with van der Waals surface area (Å²) in [6, 6.07) is 7.17. The van der Waals surface area contributed by atoms with Gasteiger partial charge in [0.1, 0.15) is 5.75 Å². The Kier molecular flexibility index (Phi) is 4.18. The van der Waals surface area contributed by atoms with Gasteiger partial charge in [0.15, 0.2) is 6.61 Å². The maximum absolute atomic E-state index is 13.0. The van der Waals surface area contributed by atoms with Crippen molar-refractivity contribution in [3.8, 4) is 5.75 Å². The minimum absolute atomic E-state index is 0.116. The molecule has 134 valence electrons. The van der Waals surface area contributed by atoms with Crippen LogP contribution in [0.5, 0.6) is 5.75 Å². The van der Waals surface area contributed by atoms with Crippen molar-refractivity contribution in [1.29, 1.82) is 0 Å². The third kappa shape index (κ3) is 3.24. The van der Waals surface area contributed by atoms with Gasteiger partial charge in [-0.3, -0.25) is 4.79 Å². The number of rotatable bonds is 5. The number of benzene rings is 1. The van der Waals surface area contributed by atoms with Crippen LogP contribution in [0.15, 0.2) is 24.3 Å². The van der Waals surface area contributed by atoms with E-state index in [1.807, 2.05) is 12.1 Å². The first kappa shape index (κ1) is 16.4. The van der Waals surface area contributed by atoms with E-state index < -0.39 is 5.97 Å². The number of esters is 1. The minimum atomic E-state index is -0.417. The van der Waals surface area contributed by atoms with Crippen LogP contribution in [-0.2, 0) is 14.3 Å². The minimum Gasteiger partial charge on any atom is -0.482 e. The third-order valence-corrected chi connectivity index (χ3v) is 6.22. The molecule has 0 aromatic heterocycles. The molecule has 0 heterocycles. The van der Waals surface area contributed by atoms with Crippen LogP contribution in [-0.4, -0.2) is 25.6 Å². The van der Waals surface area contributed by atoms with Gasteiger partial charge in [-0.15, -0.1) is 0 Å². The lowest BCUT2D eigenvalue weighted by molar-refractivity contribution is -0.143. The van der Waals surface area contributed by atoms with E-state index in [1.165, 1.54) is 26.4 Å². The number of amides is 1. The first-order valence-corrected chi connectivity index (χ1v) is 9.17. The van der Waals surface area contributed by atoms with Crippen molar-refractivity contribution in [3.05, 3.63) is 24.3 Å². The summed E-state index contributed by atoms with van der Waals surface area (Å²) in [5, 5.41) is 3.12. The second kappa shape index (κ2) is 6.36. The van der Waals surface area contributed by atoms with Crippen LogP contribution in [0.2, 0.25) is 0 Å².